The lowest BCUT2D eigenvalue weighted by atomic mass is 10.2. The summed E-state index contributed by atoms with van der Waals surface area (Å²) in [6, 6.07) is 9.21. The van der Waals surface area contributed by atoms with E-state index in [1.165, 1.54) is 6.20 Å². The van der Waals surface area contributed by atoms with Gasteiger partial charge in [-0.15, -0.1) is 11.8 Å². The fourth-order valence-corrected chi connectivity index (χ4v) is 2.90. The van der Waals surface area contributed by atoms with Crippen LogP contribution in [0.25, 0.3) is 0 Å². The van der Waals surface area contributed by atoms with Crippen molar-refractivity contribution in [3.8, 4) is 17.7 Å². The van der Waals surface area contributed by atoms with Crippen LogP contribution in [0.5, 0.6) is 11.6 Å². The number of nitrogens with zero attached hydrogens (tertiary/aromatic N) is 4. The van der Waals surface area contributed by atoms with Gasteiger partial charge in [0.25, 0.3) is 0 Å². The Morgan fingerprint density at radius 1 is 1.21 bits per heavy atom. The van der Waals surface area contributed by atoms with Crippen LogP contribution in [0.15, 0.2) is 41.6 Å². The second-order valence-corrected chi connectivity index (χ2v) is 6.76. The molecule has 0 aromatic carbocycles. The van der Waals surface area contributed by atoms with Crippen LogP contribution in [0, 0.1) is 18.3 Å². The van der Waals surface area contributed by atoms with Gasteiger partial charge in [0.05, 0.1) is 11.9 Å². The summed E-state index contributed by atoms with van der Waals surface area (Å²) in [5, 5.41) is 15.2. The van der Waals surface area contributed by atoms with Gasteiger partial charge in [-0.25, -0.2) is 9.97 Å². The highest BCUT2D eigenvalue weighted by Gasteiger charge is 2.14. The summed E-state index contributed by atoms with van der Waals surface area (Å²) in [4.78, 5) is 13.9. The molecule has 3 rings (SSSR count). The van der Waals surface area contributed by atoms with E-state index in [9.17, 15) is 0 Å². The third-order valence-corrected chi connectivity index (χ3v) is 4.72. The Morgan fingerprint density at radius 3 is 2.62 bits per heavy atom. The molecule has 5 N–H and O–H groups in total. The standard InChI is InChI=1S/C19H20N8OS/c1-11-6-12(8-20)23-10-15(11)28-17-7-14(18(27-21)19(22-2)26-17)25-16-5-4-13(29-3)9-24-16/h4-7,9-10,27H,21H2,1-3H3,(H2,22,24,25,26). The van der Waals surface area contributed by atoms with Crippen LogP contribution in [0.4, 0.5) is 23.0 Å². The van der Waals surface area contributed by atoms with Gasteiger partial charge in [-0.2, -0.15) is 10.2 Å². The van der Waals surface area contributed by atoms with Gasteiger partial charge < -0.3 is 20.8 Å². The minimum atomic E-state index is 0.323. The van der Waals surface area contributed by atoms with Gasteiger partial charge >= 0.3 is 0 Å². The molecule has 0 unspecified atom stereocenters. The number of anilines is 4. The van der Waals surface area contributed by atoms with E-state index >= 15 is 0 Å². The van der Waals surface area contributed by atoms with Crippen LogP contribution >= 0.6 is 11.8 Å². The molecule has 0 aliphatic rings. The van der Waals surface area contributed by atoms with Crippen molar-refractivity contribution >= 4 is 34.8 Å². The van der Waals surface area contributed by atoms with Crippen molar-refractivity contribution < 1.29 is 4.74 Å². The Labute approximate surface area is 172 Å². The molecule has 0 fully saturated rings. The molecular weight excluding hydrogens is 388 g/mol. The molecule has 0 amide bonds. The number of nitrogens with two attached hydrogens (primary N) is 1. The van der Waals surface area contributed by atoms with Gasteiger partial charge in [0.1, 0.15) is 23.3 Å². The molecule has 3 heterocycles. The maximum atomic E-state index is 8.97. The lowest BCUT2D eigenvalue weighted by Crippen LogP contribution is -2.13. The topological polar surface area (TPSA) is 134 Å². The van der Waals surface area contributed by atoms with Gasteiger partial charge in [-0.3, -0.25) is 5.84 Å². The molecule has 9 nitrogen and oxygen atoms in total. The first kappa shape index (κ1) is 20.2. The number of ether oxygens (including phenoxy) is 1. The molecule has 0 atom stereocenters. The van der Waals surface area contributed by atoms with Crippen LogP contribution in [0.3, 0.4) is 0 Å². The number of hydrogen-bond donors (Lipinski definition) is 4. The van der Waals surface area contributed by atoms with Gasteiger partial charge in [0, 0.05) is 24.2 Å². The van der Waals surface area contributed by atoms with E-state index in [-0.39, 0.29) is 0 Å². The summed E-state index contributed by atoms with van der Waals surface area (Å²) in [5.74, 6) is 7.68. The number of nitrogen functional groups attached to an aromatic ring is 1. The fraction of sp³-hybridized carbons (Fsp3) is 0.158. The highest BCUT2D eigenvalue weighted by molar-refractivity contribution is 7.98. The van der Waals surface area contributed by atoms with Crippen molar-refractivity contribution in [1.82, 2.24) is 15.0 Å². The summed E-state index contributed by atoms with van der Waals surface area (Å²) in [5.41, 5.74) is 4.94. The van der Waals surface area contributed by atoms with Crippen LogP contribution in [-0.2, 0) is 0 Å². The van der Waals surface area contributed by atoms with Crippen molar-refractivity contribution in [2.75, 3.05) is 29.4 Å². The van der Waals surface area contributed by atoms with Crippen LogP contribution in [0.2, 0.25) is 0 Å². The maximum Gasteiger partial charge on any atom is 0.223 e. The number of aromatic nitrogens is 3. The Balaban J connectivity index is 1.96. The molecular formula is C19H20N8OS. The summed E-state index contributed by atoms with van der Waals surface area (Å²) in [6.07, 6.45) is 5.28. The van der Waals surface area contributed by atoms with E-state index in [0.717, 1.165) is 10.5 Å². The van der Waals surface area contributed by atoms with E-state index in [2.05, 4.69) is 31.0 Å². The Bertz CT molecular complexity index is 1050. The molecule has 3 aromatic rings. The zero-order valence-electron chi connectivity index (χ0n) is 16.1. The van der Waals surface area contributed by atoms with Gasteiger partial charge in [-0.1, -0.05) is 0 Å². The Hall–Kier alpha value is -3.55. The normalized spacial score (nSPS) is 10.2. The van der Waals surface area contributed by atoms with Crippen molar-refractivity contribution in [3.63, 3.8) is 0 Å². The van der Waals surface area contributed by atoms with E-state index in [1.54, 1.807) is 37.1 Å². The van der Waals surface area contributed by atoms with Crippen LogP contribution < -0.4 is 26.6 Å². The monoisotopic (exact) mass is 408 g/mol. The zero-order chi connectivity index (χ0) is 20.8. The lowest BCUT2D eigenvalue weighted by molar-refractivity contribution is 0.458. The van der Waals surface area contributed by atoms with Gasteiger partial charge in [0.2, 0.25) is 5.88 Å². The number of hydrogen-bond acceptors (Lipinski definition) is 10. The smallest absolute Gasteiger partial charge is 0.223 e. The first-order valence-electron chi connectivity index (χ1n) is 8.59. The SMILES string of the molecule is CNc1nc(Oc2cnc(C#N)cc2C)cc(Nc2ccc(SC)cn2)c1NN. The predicted molar refractivity (Wildman–Crippen MR) is 115 cm³/mol. The lowest BCUT2D eigenvalue weighted by Gasteiger charge is -2.17. The zero-order valence-corrected chi connectivity index (χ0v) is 17.0. The molecule has 0 saturated heterocycles. The first-order valence-corrected chi connectivity index (χ1v) is 9.81. The molecule has 0 aliphatic carbocycles. The van der Waals surface area contributed by atoms with Crippen LogP contribution in [-0.4, -0.2) is 28.3 Å². The average molecular weight is 408 g/mol. The number of nitriles is 1. The number of aryl methyl sites for hydroxylation is 1. The molecule has 0 bridgehead atoms. The Morgan fingerprint density at radius 2 is 2.03 bits per heavy atom. The minimum Gasteiger partial charge on any atom is -0.437 e. The number of pyridine rings is 3. The quantitative estimate of drug-likeness (QED) is 0.261. The number of nitrogens with one attached hydrogen (secondary N) is 3. The summed E-state index contributed by atoms with van der Waals surface area (Å²) in [6.45, 7) is 1.84. The maximum absolute atomic E-state index is 8.97. The highest BCUT2D eigenvalue weighted by atomic mass is 32.2. The summed E-state index contributed by atoms with van der Waals surface area (Å²) >= 11 is 1.62. The number of hydrazine groups is 1. The van der Waals surface area contributed by atoms with Crippen molar-refractivity contribution in [2.45, 2.75) is 11.8 Å². The molecule has 10 heteroatoms. The van der Waals surface area contributed by atoms with E-state index in [0.29, 0.717) is 40.3 Å². The predicted octanol–water partition coefficient (Wildman–Crippen LogP) is 3.64. The molecule has 3 aromatic heterocycles. The molecule has 0 spiro atoms. The highest BCUT2D eigenvalue weighted by Crippen LogP contribution is 2.35. The molecule has 0 aliphatic heterocycles. The number of thioether (sulfide) groups is 1. The minimum absolute atomic E-state index is 0.323. The molecule has 0 radical (unpaired) electrons. The third-order valence-electron chi connectivity index (χ3n) is 4.00. The summed E-state index contributed by atoms with van der Waals surface area (Å²) < 4.78 is 5.91. The molecule has 0 saturated carbocycles. The first-order chi connectivity index (χ1) is 14.1. The second-order valence-electron chi connectivity index (χ2n) is 5.88. The van der Waals surface area contributed by atoms with E-state index in [4.69, 9.17) is 15.8 Å². The largest absolute Gasteiger partial charge is 0.437 e. The Kier molecular flexibility index (Phi) is 6.33. The van der Waals surface area contributed by atoms with Crippen LogP contribution in [0.1, 0.15) is 11.3 Å². The van der Waals surface area contributed by atoms with Gasteiger partial charge in [0.15, 0.2) is 11.6 Å². The summed E-state index contributed by atoms with van der Waals surface area (Å²) in [7, 11) is 1.73. The fourth-order valence-electron chi connectivity index (χ4n) is 2.54. The number of rotatable bonds is 7. The van der Waals surface area contributed by atoms with E-state index in [1.807, 2.05) is 31.4 Å². The molecule has 148 valence electrons. The molecule has 29 heavy (non-hydrogen) atoms. The third kappa shape index (κ3) is 4.66. The average Bonchev–Trinajstić information content (AvgIpc) is 2.75. The van der Waals surface area contributed by atoms with Gasteiger partial charge in [-0.05, 0) is 36.9 Å². The van der Waals surface area contributed by atoms with E-state index < -0.39 is 0 Å². The van der Waals surface area contributed by atoms with Crippen molar-refractivity contribution in [2.24, 2.45) is 5.84 Å². The van der Waals surface area contributed by atoms with Crippen molar-refractivity contribution in [1.29, 1.82) is 5.26 Å². The second kappa shape index (κ2) is 9.09. The van der Waals surface area contributed by atoms with Crippen molar-refractivity contribution in [3.05, 3.63) is 47.9 Å².